The fourth-order valence-corrected chi connectivity index (χ4v) is 2.54. The Kier molecular flexibility index (Phi) is 3.42. The molecule has 1 aliphatic carbocycles. The highest BCUT2D eigenvalue weighted by Crippen LogP contribution is 2.44. The number of hydrogen-bond acceptors (Lipinski definition) is 1. The molecule has 0 heterocycles. The number of aryl methyl sites for hydroxylation is 1. The molecule has 3 heteroatoms. The lowest BCUT2D eigenvalue weighted by molar-refractivity contribution is 0.975. The molecule has 3 nitrogen and oxygen atoms in total. The van der Waals surface area contributed by atoms with Crippen molar-refractivity contribution in [2.24, 2.45) is 10.7 Å². The van der Waals surface area contributed by atoms with Crippen LogP contribution >= 0.6 is 0 Å². The zero-order valence-electron chi connectivity index (χ0n) is 11.6. The Morgan fingerprint density at radius 1 is 1.10 bits per heavy atom. The summed E-state index contributed by atoms with van der Waals surface area (Å²) in [6.07, 6.45) is 1.09. The predicted molar refractivity (Wildman–Crippen MR) is 84.0 cm³/mol. The molecule has 102 valence electrons. The standard InChI is InChI=1S/C17H19N3/c1-12-7-5-6-10-14(12)15-11-16(15)20-17(18)19-13-8-3-2-4-9-13/h2-10,15-16H,11H2,1H3,(H3,18,19,20). The number of hydrogen-bond donors (Lipinski definition) is 2. The van der Waals surface area contributed by atoms with Gasteiger partial charge >= 0.3 is 0 Å². The van der Waals surface area contributed by atoms with E-state index in [0.29, 0.717) is 17.9 Å². The molecule has 0 aromatic heterocycles. The number of nitrogens with one attached hydrogen (secondary N) is 1. The zero-order chi connectivity index (χ0) is 13.9. The second-order valence-corrected chi connectivity index (χ2v) is 5.27. The van der Waals surface area contributed by atoms with Crippen LogP contribution in [-0.4, -0.2) is 12.0 Å². The lowest BCUT2D eigenvalue weighted by Crippen LogP contribution is -2.23. The second-order valence-electron chi connectivity index (χ2n) is 5.27. The third kappa shape index (κ3) is 2.82. The summed E-state index contributed by atoms with van der Waals surface area (Å²) in [7, 11) is 0. The first-order valence-electron chi connectivity index (χ1n) is 6.95. The molecule has 3 rings (SSSR count). The van der Waals surface area contributed by atoms with Crippen molar-refractivity contribution in [3.63, 3.8) is 0 Å². The van der Waals surface area contributed by atoms with E-state index in [1.165, 1.54) is 11.1 Å². The van der Waals surface area contributed by atoms with Gasteiger partial charge < -0.3 is 11.1 Å². The van der Waals surface area contributed by atoms with Gasteiger partial charge in [-0.1, -0.05) is 42.5 Å². The maximum Gasteiger partial charge on any atom is 0.193 e. The molecule has 0 amide bonds. The van der Waals surface area contributed by atoms with Gasteiger partial charge in [-0.2, -0.15) is 0 Å². The average Bonchev–Trinajstić information content (AvgIpc) is 3.19. The first-order chi connectivity index (χ1) is 9.74. The summed E-state index contributed by atoms with van der Waals surface area (Å²) >= 11 is 0. The largest absolute Gasteiger partial charge is 0.370 e. The Hall–Kier alpha value is -2.29. The molecule has 0 aliphatic heterocycles. The van der Waals surface area contributed by atoms with E-state index in [9.17, 15) is 0 Å². The van der Waals surface area contributed by atoms with Crippen molar-refractivity contribution in [3.8, 4) is 0 Å². The number of guanidine groups is 1. The van der Waals surface area contributed by atoms with Crippen LogP contribution in [0.15, 0.2) is 59.6 Å². The molecular formula is C17H19N3. The smallest absolute Gasteiger partial charge is 0.193 e. The summed E-state index contributed by atoms with van der Waals surface area (Å²) in [4.78, 5) is 4.57. The van der Waals surface area contributed by atoms with Crippen LogP contribution in [0.2, 0.25) is 0 Å². The normalized spacial score (nSPS) is 21.6. The molecule has 0 spiro atoms. The SMILES string of the molecule is Cc1ccccc1C1CC1N=C(N)Nc1ccccc1. The Morgan fingerprint density at radius 3 is 2.55 bits per heavy atom. The summed E-state index contributed by atoms with van der Waals surface area (Å²) in [5.41, 5.74) is 9.67. The van der Waals surface area contributed by atoms with Crippen molar-refractivity contribution in [3.05, 3.63) is 65.7 Å². The second kappa shape index (κ2) is 5.37. The van der Waals surface area contributed by atoms with E-state index in [0.717, 1.165) is 12.1 Å². The Morgan fingerprint density at radius 2 is 1.80 bits per heavy atom. The minimum absolute atomic E-state index is 0.312. The van der Waals surface area contributed by atoms with Crippen LogP contribution in [0.4, 0.5) is 5.69 Å². The fraction of sp³-hybridized carbons (Fsp3) is 0.235. The maximum absolute atomic E-state index is 5.96. The summed E-state index contributed by atoms with van der Waals surface area (Å²) in [5, 5.41) is 3.13. The van der Waals surface area contributed by atoms with Crippen molar-refractivity contribution < 1.29 is 0 Å². The quantitative estimate of drug-likeness (QED) is 0.661. The minimum atomic E-state index is 0.312. The summed E-state index contributed by atoms with van der Waals surface area (Å²) in [5.74, 6) is 1.02. The highest BCUT2D eigenvalue weighted by atomic mass is 15.1. The lowest BCUT2D eigenvalue weighted by Gasteiger charge is -2.06. The van der Waals surface area contributed by atoms with Crippen molar-refractivity contribution >= 4 is 11.6 Å². The van der Waals surface area contributed by atoms with E-state index in [4.69, 9.17) is 5.73 Å². The molecule has 3 N–H and O–H groups in total. The van der Waals surface area contributed by atoms with Crippen LogP contribution in [0.1, 0.15) is 23.5 Å². The summed E-state index contributed by atoms with van der Waals surface area (Å²) < 4.78 is 0. The number of nitrogens with zero attached hydrogens (tertiary/aromatic N) is 1. The third-order valence-electron chi connectivity index (χ3n) is 3.70. The highest BCUT2D eigenvalue weighted by Gasteiger charge is 2.39. The highest BCUT2D eigenvalue weighted by molar-refractivity contribution is 5.92. The van der Waals surface area contributed by atoms with Crippen LogP contribution < -0.4 is 11.1 Å². The van der Waals surface area contributed by atoms with E-state index in [1.807, 2.05) is 30.3 Å². The number of aliphatic imine (C=N–C) groups is 1. The number of nitrogens with two attached hydrogens (primary N) is 1. The zero-order valence-corrected chi connectivity index (χ0v) is 11.6. The third-order valence-corrected chi connectivity index (χ3v) is 3.70. The van der Waals surface area contributed by atoms with Crippen molar-refractivity contribution in [2.45, 2.75) is 25.3 Å². The van der Waals surface area contributed by atoms with E-state index >= 15 is 0 Å². The van der Waals surface area contributed by atoms with E-state index in [2.05, 4.69) is 41.5 Å². The monoisotopic (exact) mass is 265 g/mol. The molecule has 1 aliphatic rings. The van der Waals surface area contributed by atoms with Crippen molar-refractivity contribution in [1.29, 1.82) is 0 Å². The number of rotatable bonds is 3. The van der Waals surface area contributed by atoms with Crippen LogP contribution in [0.3, 0.4) is 0 Å². The predicted octanol–water partition coefficient (Wildman–Crippen LogP) is 3.28. The summed E-state index contributed by atoms with van der Waals surface area (Å²) in [6, 6.07) is 18.7. The molecular weight excluding hydrogens is 246 g/mol. The van der Waals surface area contributed by atoms with E-state index < -0.39 is 0 Å². The molecule has 2 aromatic rings. The van der Waals surface area contributed by atoms with Gasteiger partial charge in [0.15, 0.2) is 5.96 Å². The first kappa shape index (κ1) is 12.7. The number of para-hydroxylation sites is 1. The molecule has 20 heavy (non-hydrogen) atoms. The van der Waals surface area contributed by atoms with Crippen LogP contribution in [0.5, 0.6) is 0 Å². The molecule has 0 saturated heterocycles. The van der Waals surface area contributed by atoms with Crippen LogP contribution in [0.25, 0.3) is 0 Å². The van der Waals surface area contributed by atoms with Crippen LogP contribution in [0, 0.1) is 6.92 Å². The molecule has 0 bridgehead atoms. The van der Waals surface area contributed by atoms with Gasteiger partial charge in [-0.25, -0.2) is 4.99 Å². The van der Waals surface area contributed by atoms with Gasteiger partial charge in [-0.05, 0) is 36.6 Å². The molecule has 2 aromatic carbocycles. The summed E-state index contributed by atoms with van der Waals surface area (Å²) in [6.45, 7) is 2.15. The first-order valence-corrected chi connectivity index (χ1v) is 6.95. The van der Waals surface area contributed by atoms with Gasteiger partial charge in [-0.3, -0.25) is 0 Å². The maximum atomic E-state index is 5.96. The van der Waals surface area contributed by atoms with Gasteiger partial charge in [0.05, 0.1) is 6.04 Å². The van der Waals surface area contributed by atoms with Crippen LogP contribution in [-0.2, 0) is 0 Å². The lowest BCUT2D eigenvalue weighted by atomic mass is 10.0. The topological polar surface area (TPSA) is 50.4 Å². The van der Waals surface area contributed by atoms with Gasteiger partial charge in [0.2, 0.25) is 0 Å². The van der Waals surface area contributed by atoms with E-state index in [-0.39, 0.29) is 0 Å². The number of benzene rings is 2. The number of anilines is 1. The van der Waals surface area contributed by atoms with Gasteiger partial charge in [-0.15, -0.1) is 0 Å². The van der Waals surface area contributed by atoms with E-state index in [1.54, 1.807) is 0 Å². The Balaban J connectivity index is 1.65. The average molecular weight is 265 g/mol. The Labute approximate surface area is 119 Å². The molecule has 0 radical (unpaired) electrons. The Bertz CT molecular complexity index is 619. The van der Waals surface area contributed by atoms with Crippen molar-refractivity contribution in [2.75, 3.05) is 5.32 Å². The molecule has 1 saturated carbocycles. The molecule has 2 unspecified atom stereocenters. The molecule has 1 fully saturated rings. The van der Waals surface area contributed by atoms with Gasteiger partial charge in [0.1, 0.15) is 0 Å². The molecule has 2 atom stereocenters. The van der Waals surface area contributed by atoms with Gasteiger partial charge in [0, 0.05) is 11.6 Å². The van der Waals surface area contributed by atoms with Gasteiger partial charge in [0.25, 0.3) is 0 Å². The minimum Gasteiger partial charge on any atom is -0.370 e. The fourth-order valence-electron chi connectivity index (χ4n) is 2.54. The van der Waals surface area contributed by atoms with Crippen molar-refractivity contribution in [1.82, 2.24) is 0 Å².